The molecule has 3 aromatic carbocycles. The van der Waals surface area contributed by atoms with Gasteiger partial charge in [-0.2, -0.15) is 0 Å². The zero-order valence-corrected chi connectivity index (χ0v) is 19.1. The molecule has 3 rings (SSSR count). The van der Waals surface area contributed by atoms with E-state index in [1.54, 1.807) is 0 Å². The number of phenols is 2. The van der Waals surface area contributed by atoms with Gasteiger partial charge in [0.25, 0.3) is 0 Å². The minimum absolute atomic E-state index is 0.0197. The Morgan fingerprint density at radius 2 is 1.06 bits per heavy atom. The molecular formula is C25H19ClO10. The molecule has 0 heterocycles. The Morgan fingerprint density at radius 3 is 1.39 bits per heavy atom. The van der Waals surface area contributed by atoms with Crippen LogP contribution in [0.15, 0.2) is 48.5 Å². The first-order chi connectivity index (χ1) is 16.9. The van der Waals surface area contributed by atoms with Crippen LogP contribution in [0.2, 0.25) is 5.02 Å². The van der Waals surface area contributed by atoms with Crippen LogP contribution in [0.5, 0.6) is 11.5 Å². The first kappa shape index (κ1) is 26.0. The normalized spacial score (nSPS) is 10.8. The number of carbonyl (C=O) groups is 4. The van der Waals surface area contributed by atoms with E-state index in [0.29, 0.717) is 10.6 Å². The van der Waals surface area contributed by atoms with E-state index in [9.17, 15) is 49.8 Å². The average Bonchev–Trinajstić information content (AvgIpc) is 2.77. The molecular weight excluding hydrogens is 496 g/mol. The van der Waals surface area contributed by atoms with Crippen molar-refractivity contribution in [3.8, 4) is 11.5 Å². The molecule has 0 bridgehead atoms. The van der Waals surface area contributed by atoms with E-state index in [-0.39, 0.29) is 22.3 Å². The molecule has 186 valence electrons. The topological polar surface area (TPSA) is 190 Å². The highest BCUT2D eigenvalue weighted by Crippen LogP contribution is 2.44. The number of carboxylic acids is 4. The monoisotopic (exact) mass is 514 g/mol. The molecule has 0 amide bonds. The third kappa shape index (κ3) is 5.56. The Balaban J connectivity index is 2.44. The highest BCUT2D eigenvalue weighted by Gasteiger charge is 2.29. The van der Waals surface area contributed by atoms with Crippen molar-refractivity contribution < 1.29 is 49.8 Å². The Labute approximate surface area is 208 Å². The van der Waals surface area contributed by atoms with Crippen LogP contribution in [0, 0.1) is 0 Å². The number of hydrogen-bond donors (Lipinski definition) is 6. The lowest BCUT2D eigenvalue weighted by atomic mass is 9.81. The summed E-state index contributed by atoms with van der Waals surface area (Å²) in [6.45, 7) is 0. The molecule has 0 radical (unpaired) electrons. The molecule has 0 spiro atoms. The predicted octanol–water partition coefficient (Wildman–Crippen LogP) is 3.58. The van der Waals surface area contributed by atoms with Crippen LogP contribution in [0.1, 0.15) is 54.5 Å². The Kier molecular flexibility index (Phi) is 7.50. The highest BCUT2D eigenvalue weighted by molar-refractivity contribution is 6.30. The molecule has 36 heavy (non-hydrogen) atoms. The predicted molar refractivity (Wildman–Crippen MR) is 125 cm³/mol. The summed E-state index contributed by atoms with van der Waals surface area (Å²) >= 11 is 5.98. The molecule has 0 fully saturated rings. The van der Waals surface area contributed by atoms with Gasteiger partial charge < -0.3 is 30.6 Å². The van der Waals surface area contributed by atoms with E-state index in [1.165, 1.54) is 36.4 Å². The van der Waals surface area contributed by atoms with Crippen LogP contribution in [0.3, 0.4) is 0 Å². The van der Waals surface area contributed by atoms with Gasteiger partial charge in [-0.15, -0.1) is 0 Å². The van der Waals surface area contributed by atoms with Crippen LogP contribution in [0.4, 0.5) is 0 Å². The van der Waals surface area contributed by atoms with Gasteiger partial charge in [0.15, 0.2) is 0 Å². The molecule has 0 unspecified atom stereocenters. The number of hydrogen-bond acceptors (Lipinski definition) is 6. The van der Waals surface area contributed by atoms with E-state index in [1.807, 2.05) is 0 Å². The number of aliphatic carboxylic acids is 2. The standard InChI is InChI=1S/C25H19ClO10/c26-14-3-1-13(2-4-14)21(15-5-11(9-19(27)28)7-17(22(15)31)24(33)34)16-6-12(10-20(29)30)8-18(23(16)32)25(35)36/h1-8,21,31-32H,9-10H2,(H,27,28)(H,29,30)(H,33,34)(H,35,36). The van der Waals surface area contributed by atoms with Gasteiger partial charge in [0.2, 0.25) is 0 Å². The van der Waals surface area contributed by atoms with Crippen LogP contribution >= 0.6 is 11.6 Å². The summed E-state index contributed by atoms with van der Waals surface area (Å²) < 4.78 is 0. The summed E-state index contributed by atoms with van der Waals surface area (Å²) in [6, 6.07) is 10.4. The molecule has 0 atom stereocenters. The number of rotatable bonds is 9. The van der Waals surface area contributed by atoms with Gasteiger partial charge in [-0.25, -0.2) is 9.59 Å². The lowest BCUT2D eigenvalue weighted by Crippen LogP contribution is -2.12. The number of aromatic hydroxyl groups is 2. The second-order valence-corrected chi connectivity index (χ2v) is 8.33. The van der Waals surface area contributed by atoms with Crippen molar-refractivity contribution in [2.45, 2.75) is 18.8 Å². The fourth-order valence-corrected chi connectivity index (χ4v) is 4.07. The second kappa shape index (κ2) is 10.4. The van der Waals surface area contributed by atoms with Gasteiger partial charge in [-0.3, -0.25) is 9.59 Å². The van der Waals surface area contributed by atoms with Crippen molar-refractivity contribution in [1.29, 1.82) is 0 Å². The molecule has 10 nitrogen and oxygen atoms in total. The van der Waals surface area contributed by atoms with E-state index in [2.05, 4.69) is 0 Å². The average molecular weight is 515 g/mol. The summed E-state index contributed by atoms with van der Waals surface area (Å²) in [7, 11) is 0. The van der Waals surface area contributed by atoms with E-state index in [4.69, 9.17) is 11.6 Å². The van der Waals surface area contributed by atoms with E-state index >= 15 is 0 Å². The zero-order valence-electron chi connectivity index (χ0n) is 18.3. The quantitative estimate of drug-likeness (QED) is 0.230. The van der Waals surface area contributed by atoms with Crippen molar-refractivity contribution >= 4 is 35.5 Å². The zero-order chi connectivity index (χ0) is 26.7. The number of carboxylic acid groups (broad SMARTS) is 4. The maximum absolute atomic E-state index is 11.8. The molecule has 0 saturated heterocycles. The van der Waals surface area contributed by atoms with Gasteiger partial charge >= 0.3 is 23.9 Å². The molecule has 11 heteroatoms. The number of aromatic carboxylic acids is 2. The SMILES string of the molecule is O=C(O)Cc1cc(C(=O)O)c(O)c(C(c2ccc(Cl)cc2)c2cc(CC(=O)O)cc(C(=O)O)c2O)c1. The molecule has 0 aromatic heterocycles. The van der Waals surface area contributed by atoms with Crippen molar-refractivity contribution in [2.24, 2.45) is 0 Å². The third-order valence-electron chi connectivity index (χ3n) is 5.40. The van der Waals surface area contributed by atoms with Crippen LogP contribution < -0.4 is 0 Å². The van der Waals surface area contributed by atoms with Gasteiger partial charge in [0.1, 0.15) is 22.6 Å². The molecule has 0 saturated carbocycles. The Hall–Kier alpha value is -4.57. The summed E-state index contributed by atoms with van der Waals surface area (Å²) in [4.78, 5) is 46.3. The summed E-state index contributed by atoms with van der Waals surface area (Å²) in [5.41, 5.74) is -1.15. The summed E-state index contributed by atoms with van der Waals surface area (Å²) in [6.07, 6.45) is -1.18. The molecule has 0 aliphatic rings. The van der Waals surface area contributed by atoms with Crippen molar-refractivity contribution in [1.82, 2.24) is 0 Å². The molecule has 3 aromatic rings. The summed E-state index contributed by atoms with van der Waals surface area (Å²) in [5, 5.41) is 59.8. The van der Waals surface area contributed by atoms with Gasteiger partial charge in [-0.1, -0.05) is 35.9 Å². The Bertz CT molecular complexity index is 1300. The largest absolute Gasteiger partial charge is 0.507 e. The lowest BCUT2D eigenvalue weighted by molar-refractivity contribution is -0.137. The highest BCUT2D eigenvalue weighted by atomic mass is 35.5. The molecule has 6 N–H and O–H groups in total. The number of halogens is 1. The minimum atomic E-state index is -1.55. The van der Waals surface area contributed by atoms with Crippen LogP contribution in [-0.2, 0) is 22.4 Å². The van der Waals surface area contributed by atoms with E-state index in [0.717, 1.165) is 12.1 Å². The lowest BCUT2D eigenvalue weighted by Gasteiger charge is -2.24. The van der Waals surface area contributed by atoms with Gasteiger partial charge in [-0.05, 0) is 41.0 Å². The van der Waals surface area contributed by atoms with Crippen molar-refractivity contribution in [3.63, 3.8) is 0 Å². The van der Waals surface area contributed by atoms with Gasteiger partial charge in [0.05, 0.1) is 12.8 Å². The van der Waals surface area contributed by atoms with Crippen molar-refractivity contribution in [2.75, 3.05) is 0 Å². The fraction of sp³-hybridized carbons (Fsp3) is 0.120. The van der Waals surface area contributed by atoms with Crippen LogP contribution in [-0.4, -0.2) is 54.5 Å². The third-order valence-corrected chi connectivity index (χ3v) is 5.65. The maximum atomic E-state index is 11.8. The minimum Gasteiger partial charge on any atom is -0.507 e. The molecule has 0 aliphatic heterocycles. The van der Waals surface area contributed by atoms with Gasteiger partial charge in [0, 0.05) is 22.1 Å². The maximum Gasteiger partial charge on any atom is 0.339 e. The van der Waals surface area contributed by atoms with Crippen molar-refractivity contribution in [3.05, 3.63) is 92.5 Å². The van der Waals surface area contributed by atoms with Crippen LogP contribution in [0.25, 0.3) is 0 Å². The fourth-order valence-electron chi connectivity index (χ4n) is 3.94. The number of benzene rings is 3. The van der Waals surface area contributed by atoms with E-state index < -0.39 is 65.3 Å². The first-order valence-corrected chi connectivity index (χ1v) is 10.6. The first-order valence-electron chi connectivity index (χ1n) is 10.3. The molecule has 0 aliphatic carbocycles. The Morgan fingerprint density at radius 1 is 0.667 bits per heavy atom. The summed E-state index contributed by atoms with van der Waals surface area (Å²) in [5.74, 6) is -8.36. The second-order valence-electron chi connectivity index (χ2n) is 7.90. The smallest absolute Gasteiger partial charge is 0.339 e.